The average Bonchev–Trinajstić information content (AvgIpc) is 3.92. The molecule has 1 aromatic heterocycles. The van der Waals surface area contributed by atoms with Crippen molar-refractivity contribution in [3.05, 3.63) is 106 Å². The molecule has 4 bridgehead atoms. The summed E-state index contributed by atoms with van der Waals surface area (Å²) in [5.74, 6) is 2.66. The smallest absolute Gasteiger partial charge is 0.353 e. The van der Waals surface area contributed by atoms with Crippen LogP contribution in [0.2, 0.25) is 0 Å². The number of aliphatic hydroxyl groups is 2. The fourth-order valence-electron chi connectivity index (χ4n) is 13.9. The number of pyridine rings is 1. The van der Waals surface area contributed by atoms with Crippen molar-refractivity contribution in [3.8, 4) is 11.8 Å². The van der Waals surface area contributed by atoms with Crippen LogP contribution in [0.4, 0.5) is 0 Å². The lowest BCUT2D eigenvalue weighted by Gasteiger charge is -2.55. The molecule has 3 heterocycles. The van der Waals surface area contributed by atoms with Gasteiger partial charge in [-0.05, 0) is 122 Å². The van der Waals surface area contributed by atoms with E-state index in [-0.39, 0.29) is 30.3 Å². The molecular weight excluding hydrogens is 949 g/mol. The van der Waals surface area contributed by atoms with Crippen LogP contribution in [0.5, 0.6) is 0 Å². The zero-order chi connectivity index (χ0) is 51.2. The number of thioether (sulfide) groups is 1. The molecule has 0 radical (unpaired) electrons. The average molecular weight is 1020 g/mol. The predicted octanol–water partition coefficient (Wildman–Crippen LogP) is 4.42. The van der Waals surface area contributed by atoms with Gasteiger partial charge in [0.2, 0.25) is 23.8 Å². The number of esters is 1. The van der Waals surface area contributed by atoms with Gasteiger partial charge in [-0.1, -0.05) is 92.0 Å². The quantitative estimate of drug-likeness (QED) is 0.0489. The molecule has 17 heteroatoms. The first-order valence-electron chi connectivity index (χ1n) is 26.0. The van der Waals surface area contributed by atoms with Gasteiger partial charge < -0.3 is 46.4 Å². The molecule has 1 aromatic carbocycles. The topological polar surface area (TPSA) is 249 Å². The first-order chi connectivity index (χ1) is 35.2. The SMILES string of the molecule is CNCN[C@@](O)(CCC(=O)N[C@@H](CS[C@]12C=C[C@@]3(CCCCCC14CCCC4)CC(Cc1ccncc1)=C1[C@@H]4NCC[C@@H]5C=Cc6cccc(c6C[C@@H]54)CC#C[C@@]14C(=O)OC2=C34)C(=O)N[C@@H](O)C(=O)O)C(=O)O. The minimum Gasteiger partial charge on any atom is -0.478 e. The van der Waals surface area contributed by atoms with E-state index in [4.69, 9.17) is 4.74 Å². The summed E-state index contributed by atoms with van der Waals surface area (Å²) in [6.45, 7) is 0.665. The van der Waals surface area contributed by atoms with Crippen LogP contribution in [0.1, 0.15) is 106 Å². The molecule has 8 aliphatic rings. The Bertz CT molecular complexity index is 2760. The molecule has 2 aromatic rings. The number of nitrogens with one attached hydrogen (secondary N) is 5. The van der Waals surface area contributed by atoms with Crippen LogP contribution in [0.3, 0.4) is 0 Å². The summed E-state index contributed by atoms with van der Waals surface area (Å²) in [7, 11) is 1.55. The Kier molecular flexibility index (Phi) is 14.1. The van der Waals surface area contributed by atoms with Crippen LogP contribution < -0.4 is 26.6 Å². The second-order valence-corrected chi connectivity index (χ2v) is 22.7. The highest BCUT2D eigenvalue weighted by molar-refractivity contribution is 8.01. The molecule has 2 aliphatic heterocycles. The number of carboxylic acid groups (broad SMARTS) is 2. The zero-order valence-corrected chi connectivity index (χ0v) is 42.1. The Morgan fingerprint density at radius 3 is 2.53 bits per heavy atom. The summed E-state index contributed by atoms with van der Waals surface area (Å²) < 4.78 is 6.07. The second kappa shape index (κ2) is 20.3. The fraction of sp³-hybridized carbons (Fsp3) is 0.536. The van der Waals surface area contributed by atoms with Crippen molar-refractivity contribution in [2.24, 2.45) is 28.1 Å². The molecule has 1 saturated heterocycles. The summed E-state index contributed by atoms with van der Waals surface area (Å²) in [6, 6.07) is 8.84. The van der Waals surface area contributed by atoms with E-state index in [2.05, 4.69) is 85.9 Å². The molecule has 6 aliphatic carbocycles. The number of aliphatic carboxylic acids is 2. The number of carbonyl (C=O) groups is 5. The van der Waals surface area contributed by atoms with E-state index >= 15 is 4.79 Å². The number of aromatic nitrogens is 1. The van der Waals surface area contributed by atoms with Gasteiger partial charge in [0, 0.05) is 61.1 Å². The van der Waals surface area contributed by atoms with E-state index in [1.165, 1.54) is 28.5 Å². The monoisotopic (exact) mass is 1010 g/mol. The number of nitrogens with zero attached hydrogens (tertiary/aromatic N) is 1. The van der Waals surface area contributed by atoms with Crippen LogP contribution in [0, 0.1) is 39.9 Å². The number of hydrogen-bond acceptors (Lipinski definition) is 13. The first kappa shape index (κ1) is 50.9. The van der Waals surface area contributed by atoms with E-state index < -0.39 is 81.6 Å². The molecule has 2 fully saturated rings. The fourth-order valence-corrected chi connectivity index (χ4v) is 15.7. The third-order valence-corrected chi connectivity index (χ3v) is 19.1. The highest BCUT2D eigenvalue weighted by Gasteiger charge is 2.70. The molecule has 3 spiro atoms. The third-order valence-electron chi connectivity index (χ3n) is 17.4. The summed E-state index contributed by atoms with van der Waals surface area (Å²) in [5, 5.41) is 54.8. The van der Waals surface area contributed by atoms with Crippen molar-refractivity contribution in [2.75, 3.05) is 26.0 Å². The summed E-state index contributed by atoms with van der Waals surface area (Å²) in [5.41, 5.74) is 2.67. The molecule has 0 unspecified atom stereocenters. The third kappa shape index (κ3) is 8.95. The largest absolute Gasteiger partial charge is 0.478 e. The molecule has 9 N–H and O–H groups in total. The van der Waals surface area contributed by atoms with Gasteiger partial charge >= 0.3 is 17.9 Å². The van der Waals surface area contributed by atoms with E-state index in [1.54, 1.807) is 7.05 Å². The van der Waals surface area contributed by atoms with Crippen molar-refractivity contribution >= 4 is 47.6 Å². The lowest BCUT2D eigenvalue weighted by molar-refractivity contribution is -0.164. The van der Waals surface area contributed by atoms with Crippen molar-refractivity contribution in [3.63, 3.8) is 0 Å². The van der Waals surface area contributed by atoms with E-state index in [0.29, 0.717) is 25.0 Å². The standard InChI is InChI=1S/C56H66N6O10S/c1-57-33-60-56(71,50(68)69)23-14-42(63)61-41(47(64)62-48(65)49(66)67)32-73-55-25-24-52(18-3-2-4-19-53(55)20-5-6-21-53)31-38(29-34-15-26-58-27-16-34)43-44-40-30-39-35(9-7-10-36(39)12-13-37(40)17-28-59-44)11-8-22-54(43)45(52)46(55)72-51(54)70/h7,9-10,12-13,15-16,24-27,37,40-41,44,48,57,59-60,65,71H,2-6,11,14,17-21,23,28-33H2,1H3,(H,61,63)(H,62,64)(H,66,67)(H,68,69)/t37-,40-,41-,44+,48-,52-,54+,55-,56+/m0/s1. The number of amides is 2. The number of carboxylic acids is 2. The number of fused-ring (bicyclic) bond motifs is 4. The lowest BCUT2D eigenvalue weighted by Crippen LogP contribution is -2.57. The predicted molar refractivity (Wildman–Crippen MR) is 273 cm³/mol. The number of ether oxygens (including phenoxy) is 1. The Morgan fingerprint density at radius 1 is 1.01 bits per heavy atom. The van der Waals surface area contributed by atoms with E-state index in [0.717, 1.165) is 99.4 Å². The van der Waals surface area contributed by atoms with Gasteiger partial charge in [-0.2, -0.15) is 0 Å². The Morgan fingerprint density at radius 2 is 1.78 bits per heavy atom. The van der Waals surface area contributed by atoms with E-state index in [9.17, 15) is 39.6 Å². The van der Waals surface area contributed by atoms with Crippen molar-refractivity contribution < 1.29 is 49.1 Å². The Labute approximate surface area is 429 Å². The first-order valence-corrected chi connectivity index (χ1v) is 27.0. The molecule has 386 valence electrons. The number of piperidine rings is 1. The van der Waals surface area contributed by atoms with Gasteiger partial charge in [0.15, 0.2) is 5.41 Å². The normalized spacial score (nSPS) is 29.8. The van der Waals surface area contributed by atoms with Crippen LogP contribution >= 0.6 is 11.8 Å². The van der Waals surface area contributed by atoms with Gasteiger partial charge in [-0.25, -0.2) is 14.4 Å². The number of allylic oxidation sites excluding steroid dienone is 3. The molecule has 16 nitrogen and oxygen atoms in total. The number of benzene rings is 1. The minimum absolute atomic E-state index is 0.0825. The molecule has 9 atom stereocenters. The lowest BCUT2D eigenvalue weighted by atomic mass is 9.49. The van der Waals surface area contributed by atoms with Crippen molar-refractivity contribution in [1.82, 2.24) is 31.6 Å². The number of carbonyl (C=O) groups excluding carboxylic acids is 3. The van der Waals surface area contributed by atoms with Crippen molar-refractivity contribution in [1.29, 1.82) is 0 Å². The van der Waals surface area contributed by atoms with Crippen molar-refractivity contribution in [2.45, 2.75) is 132 Å². The Hall–Kier alpha value is -5.61. The molecule has 2 amide bonds. The maximum Gasteiger partial charge on any atom is 0.353 e. The molecule has 1 saturated carbocycles. The van der Waals surface area contributed by atoms with Gasteiger partial charge in [0.05, 0.1) is 4.75 Å². The van der Waals surface area contributed by atoms with E-state index in [1.807, 2.05) is 24.5 Å². The minimum atomic E-state index is -2.48. The van der Waals surface area contributed by atoms with Gasteiger partial charge in [0.1, 0.15) is 11.8 Å². The van der Waals surface area contributed by atoms with Crippen LogP contribution in [-0.2, 0) is 48.0 Å². The maximum absolute atomic E-state index is 16.2. The highest BCUT2D eigenvalue weighted by atomic mass is 32.2. The molecule has 73 heavy (non-hydrogen) atoms. The van der Waals surface area contributed by atoms with Crippen LogP contribution in [0.15, 0.2) is 83.4 Å². The summed E-state index contributed by atoms with van der Waals surface area (Å²) >= 11 is 1.38. The molecule has 10 rings (SSSR count). The maximum atomic E-state index is 16.2. The summed E-state index contributed by atoms with van der Waals surface area (Å²) in [4.78, 5) is 72.6. The van der Waals surface area contributed by atoms with Crippen LogP contribution in [0.25, 0.3) is 6.08 Å². The molecular formula is C56H66N6O10S. The second-order valence-electron chi connectivity index (χ2n) is 21.5. The Balaban J connectivity index is 1.14. The number of aliphatic hydroxyl groups excluding tert-OH is 1. The number of rotatable bonds is 16. The summed E-state index contributed by atoms with van der Waals surface area (Å²) in [6.07, 6.45) is 20.7. The zero-order valence-electron chi connectivity index (χ0n) is 41.3. The van der Waals surface area contributed by atoms with Gasteiger partial charge in [-0.3, -0.25) is 19.9 Å². The highest BCUT2D eigenvalue weighted by Crippen LogP contribution is 2.72. The van der Waals surface area contributed by atoms with Gasteiger partial charge in [0.25, 0.3) is 0 Å². The van der Waals surface area contributed by atoms with Gasteiger partial charge in [-0.15, -0.1) is 11.8 Å². The van der Waals surface area contributed by atoms with Crippen LogP contribution in [-0.4, -0.2) is 110 Å². The number of hydrogen-bond donors (Lipinski definition) is 9.